The molecule has 0 saturated heterocycles. The van der Waals surface area contributed by atoms with Gasteiger partial charge >= 0.3 is 0 Å². The van der Waals surface area contributed by atoms with Crippen LogP contribution in [0.1, 0.15) is 56.9 Å². The summed E-state index contributed by atoms with van der Waals surface area (Å²) in [6, 6.07) is 70.9. The number of aromatic nitrogens is 2. The van der Waals surface area contributed by atoms with Crippen molar-refractivity contribution in [1.29, 1.82) is 0 Å². The van der Waals surface area contributed by atoms with Crippen LogP contribution in [0, 0.1) is 0 Å². The molecule has 2 nitrogen and oxygen atoms in total. The summed E-state index contributed by atoms with van der Waals surface area (Å²) in [7, 11) is 0. The molecule has 14 rings (SSSR count). The summed E-state index contributed by atoms with van der Waals surface area (Å²) >= 11 is 0. The molecule has 0 amide bonds. The molecule has 0 atom stereocenters. The molecule has 0 aliphatic heterocycles. The van der Waals surface area contributed by atoms with Gasteiger partial charge in [-0.15, -0.1) is 0 Å². The Bertz CT molecular complexity index is 4320. The fourth-order valence-electron chi connectivity index (χ4n) is 13.0. The van der Waals surface area contributed by atoms with Gasteiger partial charge in [-0.2, -0.15) is 0 Å². The number of hydrogen-bond donors (Lipinski definition) is 0. The Kier molecular flexibility index (Phi) is 8.78. The first-order valence-corrected chi connectivity index (χ1v) is 25.1. The smallest absolute Gasteiger partial charge is 0.0548 e. The van der Waals surface area contributed by atoms with E-state index in [1.54, 1.807) is 0 Å². The predicted molar refractivity (Wildman–Crippen MR) is 304 cm³/mol. The van der Waals surface area contributed by atoms with Crippen LogP contribution >= 0.6 is 0 Å². The van der Waals surface area contributed by atoms with Gasteiger partial charge in [0, 0.05) is 43.8 Å². The van der Waals surface area contributed by atoms with Crippen molar-refractivity contribution in [2.75, 3.05) is 0 Å². The second kappa shape index (κ2) is 15.0. The van der Waals surface area contributed by atoms with E-state index < -0.39 is 0 Å². The molecule has 2 heterocycles. The summed E-state index contributed by atoms with van der Waals surface area (Å²) in [6.07, 6.45) is 8.38. The number of para-hydroxylation sites is 1. The number of rotatable bonds is 6. The van der Waals surface area contributed by atoms with Crippen LogP contribution in [0.25, 0.3) is 121 Å². The Balaban J connectivity index is 1.08. The van der Waals surface area contributed by atoms with E-state index in [0.29, 0.717) is 0 Å². The van der Waals surface area contributed by atoms with Crippen LogP contribution in [0.2, 0.25) is 0 Å². The maximum absolute atomic E-state index is 4.09. The molecule has 0 bridgehead atoms. The molecule has 0 fully saturated rings. The lowest BCUT2D eigenvalue weighted by Crippen LogP contribution is -2.15. The highest BCUT2D eigenvalue weighted by Gasteiger charge is 2.40. The minimum absolute atomic E-state index is 0.240. The Labute approximate surface area is 414 Å². The topological polar surface area (TPSA) is 9.86 Å². The second-order valence-corrected chi connectivity index (χ2v) is 20.8. The fourth-order valence-corrected chi connectivity index (χ4v) is 13.0. The average Bonchev–Trinajstić information content (AvgIpc) is 4.04. The molecule has 2 aromatic heterocycles. The van der Waals surface area contributed by atoms with E-state index >= 15 is 0 Å². The summed E-state index contributed by atoms with van der Waals surface area (Å²) in [4.78, 5) is 0. The maximum atomic E-state index is 4.09. The van der Waals surface area contributed by atoms with E-state index in [1.165, 1.54) is 132 Å². The molecule has 10 aromatic carbocycles. The molecule has 0 spiro atoms. The van der Waals surface area contributed by atoms with Gasteiger partial charge in [-0.1, -0.05) is 180 Å². The first-order valence-electron chi connectivity index (χ1n) is 25.1. The molecular weight excluding hydrogens is 857 g/mol. The van der Waals surface area contributed by atoms with E-state index in [4.69, 9.17) is 0 Å². The predicted octanol–water partition coefficient (Wildman–Crippen LogP) is 18.7. The van der Waals surface area contributed by atoms with Crippen LogP contribution in [-0.4, -0.2) is 9.13 Å². The molecule has 2 heteroatoms. The van der Waals surface area contributed by atoms with Gasteiger partial charge in [0.2, 0.25) is 0 Å². The highest BCUT2D eigenvalue weighted by Crippen LogP contribution is 2.57. The molecular formula is C69H52N2. The number of allylic oxidation sites excluding steroid dienone is 5. The standard InChI is InChI=1S/C69H52N2/c1-7-9-27-44(8-2)70-62-38-55-53-37-59-57(67-49-33-22-20-31-47(49)51(35-61(67)69(59,5)6)43-25-15-11-16-26-43)41-65(53)71(45-28-17-12-18-29-45)63(55)39-54(62)52-36-58-56(40-64(52)70)66-48-32-21-19-30-46(48)50(34-60(66)68(58,3)4)42-23-13-10-14-24-42/h7-41H,1H2,2-6H3/b27-9-,44-8+. The zero-order chi connectivity index (χ0) is 47.9. The van der Waals surface area contributed by atoms with Crippen LogP contribution in [0.4, 0.5) is 0 Å². The summed E-state index contributed by atoms with van der Waals surface area (Å²) in [5.74, 6) is 0. The van der Waals surface area contributed by atoms with Crippen LogP contribution in [0.15, 0.2) is 219 Å². The van der Waals surface area contributed by atoms with E-state index in [9.17, 15) is 0 Å². The Morgan fingerprint density at radius 1 is 0.408 bits per heavy atom. The van der Waals surface area contributed by atoms with Crippen molar-refractivity contribution < 1.29 is 0 Å². The van der Waals surface area contributed by atoms with Crippen molar-refractivity contribution in [2.45, 2.75) is 45.4 Å². The van der Waals surface area contributed by atoms with Crippen molar-refractivity contribution in [3.63, 3.8) is 0 Å². The Morgan fingerprint density at radius 3 is 1.34 bits per heavy atom. The number of benzene rings is 10. The van der Waals surface area contributed by atoms with E-state index in [2.05, 4.69) is 257 Å². The first kappa shape index (κ1) is 41.5. The van der Waals surface area contributed by atoms with Crippen molar-refractivity contribution in [3.8, 4) is 50.2 Å². The minimum Gasteiger partial charge on any atom is -0.310 e. The summed E-state index contributed by atoms with van der Waals surface area (Å²) in [6.45, 7) is 15.9. The van der Waals surface area contributed by atoms with Gasteiger partial charge in [0.05, 0.1) is 22.1 Å². The molecule has 0 N–H and O–H groups in total. The number of hydrogen-bond acceptors (Lipinski definition) is 0. The first-order chi connectivity index (χ1) is 34.7. The number of nitrogens with zero attached hydrogens (tertiary/aromatic N) is 2. The van der Waals surface area contributed by atoms with Gasteiger partial charge in [-0.05, 0) is 162 Å². The summed E-state index contributed by atoms with van der Waals surface area (Å²) in [5, 5.41) is 10.2. The Morgan fingerprint density at radius 2 is 0.817 bits per heavy atom. The van der Waals surface area contributed by atoms with Gasteiger partial charge in [-0.25, -0.2) is 0 Å². The molecule has 71 heavy (non-hydrogen) atoms. The highest BCUT2D eigenvalue weighted by atomic mass is 15.0. The largest absolute Gasteiger partial charge is 0.310 e. The second-order valence-electron chi connectivity index (χ2n) is 20.8. The lowest BCUT2D eigenvalue weighted by atomic mass is 9.80. The van der Waals surface area contributed by atoms with Crippen molar-refractivity contribution >= 4 is 70.9 Å². The average molecular weight is 909 g/mol. The van der Waals surface area contributed by atoms with E-state index in [-0.39, 0.29) is 10.8 Å². The minimum atomic E-state index is -0.244. The van der Waals surface area contributed by atoms with Crippen LogP contribution in [0.5, 0.6) is 0 Å². The van der Waals surface area contributed by atoms with Crippen molar-refractivity contribution in [1.82, 2.24) is 9.13 Å². The third kappa shape index (κ3) is 5.71. The lowest BCUT2D eigenvalue weighted by molar-refractivity contribution is 0.662. The molecule has 2 aliphatic carbocycles. The number of fused-ring (bicyclic) bond motifs is 16. The summed E-state index contributed by atoms with van der Waals surface area (Å²) < 4.78 is 5.03. The van der Waals surface area contributed by atoms with E-state index in [1.807, 2.05) is 6.08 Å². The van der Waals surface area contributed by atoms with Gasteiger partial charge < -0.3 is 9.13 Å². The molecule has 0 unspecified atom stereocenters. The highest BCUT2D eigenvalue weighted by molar-refractivity contribution is 6.22. The van der Waals surface area contributed by atoms with Crippen LogP contribution < -0.4 is 0 Å². The van der Waals surface area contributed by atoms with Crippen LogP contribution in [0.3, 0.4) is 0 Å². The maximum Gasteiger partial charge on any atom is 0.0548 e. The lowest BCUT2D eigenvalue weighted by Gasteiger charge is -2.23. The Hall–Kier alpha value is -8.46. The monoisotopic (exact) mass is 908 g/mol. The third-order valence-corrected chi connectivity index (χ3v) is 16.4. The zero-order valence-corrected chi connectivity index (χ0v) is 40.8. The molecule has 12 aromatic rings. The molecule has 0 radical (unpaired) electrons. The molecule has 0 saturated carbocycles. The quantitative estimate of drug-likeness (QED) is 0.147. The third-order valence-electron chi connectivity index (χ3n) is 16.4. The molecule has 338 valence electrons. The van der Waals surface area contributed by atoms with Gasteiger partial charge in [0.1, 0.15) is 0 Å². The van der Waals surface area contributed by atoms with E-state index in [0.717, 1.165) is 11.4 Å². The zero-order valence-electron chi connectivity index (χ0n) is 40.8. The van der Waals surface area contributed by atoms with Crippen LogP contribution in [-0.2, 0) is 10.8 Å². The van der Waals surface area contributed by atoms with Crippen molar-refractivity contribution in [2.24, 2.45) is 0 Å². The van der Waals surface area contributed by atoms with Gasteiger partial charge in [-0.3, -0.25) is 0 Å². The fraction of sp³-hybridized carbons (Fsp3) is 0.101. The SMILES string of the molecule is C=C/C=C\C(=C/C)n1c2cc3c(cc2c2cc4c(cc21)c1cc2c(cc1n4-c1ccccc1)-c1c(cc(-c4ccccc4)c4ccccc14)C2(C)C)C(C)(C)c1cc(-c2ccccc2)c2ccccc2c1-3. The summed E-state index contributed by atoms with van der Waals surface area (Å²) in [5.41, 5.74) is 22.4. The molecule has 2 aliphatic rings. The van der Waals surface area contributed by atoms with Crippen molar-refractivity contribution in [3.05, 3.63) is 241 Å². The van der Waals surface area contributed by atoms with Gasteiger partial charge in [0.25, 0.3) is 0 Å². The van der Waals surface area contributed by atoms with Gasteiger partial charge in [0.15, 0.2) is 0 Å². The normalized spacial score (nSPS) is 14.6.